The average Bonchev–Trinajstić information content (AvgIpc) is 3.31. The maximum atomic E-state index is 12.1. The molecule has 1 aromatic carbocycles. The molecule has 0 saturated carbocycles. The van der Waals surface area contributed by atoms with Gasteiger partial charge in [0, 0.05) is 23.8 Å². The molecular formula is C18H20N4OS4. The van der Waals surface area contributed by atoms with Crippen LogP contribution >= 0.6 is 46.2 Å². The van der Waals surface area contributed by atoms with Crippen molar-refractivity contribution < 1.29 is 4.79 Å². The van der Waals surface area contributed by atoms with Crippen LogP contribution in [-0.4, -0.2) is 26.8 Å². The maximum absolute atomic E-state index is 12.1. The van der Waals surface area contributed by atoms with Gasteiger partial charge in [-0.25, -0.2) is 4.98 Å². The lowest BCUT2D eigenvalue weighted by molar-refractivity contribution is -0.115. The number of para-hydroxylation sites is 1. The Balaban J connectivity index is 1.61. The lowest BCUT2D eigenvalue weighted by Crippen LogP contribution is -2.22. The summed E-state index contributed by atoms with van der Waals surface area (Å²) >= 11 is 6.52. The highest BCUT2D eigenvalue weighted by Crippen LogP contribution is 2.33. The molecule has 0 aliphatic rings. The zero-order chi connectivity index (χ0) is 19.1. The van der Waals surface area contributed by atoms with Crippen molar-refractivity contribution in [2.75, 3.05) is 10.7 Å². The SMILES string of the molecule is CCCCSc1nnc(SCc2csc(N(C(C)=O)c3ccccc3)n2)s1. The van der Waals surface area contributed by atoms with Gasteiger partial charge >= 0.3 is 0 Å². The Kier molecular flexibility index (Phi) is 7.69. The van der Waals surface area contributed by atoms with E-state index < -0.39 is 0 Å². The molecular weight excluding hydrogens is 416 g/mol. The molecule has 0 aliphatic heterocycles. The van der Waals surface area contributed by atoms with Crippen LogP contribution in [-0.2, 0) is 10.5 Å². The number of thioether (sulfide) groups is 2. The van der Waals surface area contributed by atoms with E-state index in [-0.39, 0.29) is 5.91 Å². The number of rotatable bonds is 9. The van der Waals surface area contributed by atoms with Gasteiger partial charge in [0.1, 0.15) is 0 Å². The number of thiazole rings is 1. The Hall–Kier alpha value is -1.42. The molecule has 2 heterocycles. The minimum Gasteiger partial charge on any atom is -0.274 e. The standard InChI is InChI=1S/C18H20N4OS4/c1-3-4-10-24-17-20-21-18(27-17)26-12-14-11-25-16(19-14)22(13(2)23)15-8-6-5-7-9-15/h5-9,11H,3-4,10,12H2,1-2H3. The number of benzene rings is 1. The molecule has 0 fully saturated rings. The Morgan fingerprint density at radius 3 is 2.59 bits per heavy atom. The second kappa shape index (κ2) is 10.2. The summed E-state index contributed by atoms with van der Waals surface area (Å²) in [4.78, 5) is 18.4. The van der Waals surface area contributed by atoms with Crippen LogP contribution in [0.5, 0.6) is 0 Å². The molecule has 0 bridgehead atoms. The van der Waals surface area contributed by atoms with E-state index in [2.05, 4.69) is 22.1 Å². The highest BCUT2D eigenvalue weighted by molar-refractivity contribution is 8.02. The Morgan fingerprint density at radius 1 is 1.15 bits per heavy atom. The molecule has 3 rings (SSSR count). The van der Waals surface area contributed by atoms with E-state index in [1.807, 2.05) is 35.7 Å². The molecule has 9 heteroatoms. The summed E-state index contributed by atoms with van der Waals surface area (Å²) in [6.07, 6.45) is 2.39. The van der Waals surface area contributed by atoms with E-state index in [1.54, 1.807) is 46.7 Å². The fourth-order valence-corrected chi connectivity index (χ4v) is 6.28. The zero-order valence-corrected chi connectivity index (χ0v) is 18.4. The number of carbonyl (C=O) groups is 1. The normalized spacial score (nSPS) is 10.9. The molecule has 27 heavy (non-hydrogen) atoms. The molecule has 142 valence electrons. The van der Waals surface area contributed by atoms with Crippen LogP contribution in [0.1, 0.15) is 32.4 Å². The van der Waals surface area contributed by atoms with E-state index >= 15 is 0 Å². The molecule has 0 atom stereocenters. The fourth-order valence-electron chi connectivity index (χ4n) is 2.22. The van der Waals surface area contributed by atoms with Gasteiger partial charge in [-0.3, -0.25) is 9.69 Å². The van der Waals surface area contributed by atoms with Crippen LogP contribution in [0.2, 0.25) is 0 Å². The highest BCUT2D eigenvalue weighted by atomic mass is 32.2. The van der Waals surface area contributed by atoms with Crippen LogP contribution in [0.25, 0.3) is 0 Å². The molecule has 3 aromatic rings. The zero-order valence-electron chi connectivity index (χ0n) is 15.1. The van der Waals surface area contributed by atoms with Crippen molar-refractivity contribution in [1.29, 1.82) is 0 Å². The van der Waals surface area contributed by atoms with Gasteiger partial charge in [0.15, 0.2) is 13.8 Å². The Morgan fingerprint density at radius 2 is 1.89 bits per heavy atom. The van der Waals surface area contributed by atoms with Crippen LogP contribution < -0.4 is 4.90 Å². The third-order valence-corrected chi connectivity index (χ3v) is 7.70. The molecule has 0 N–H and O–H groups in total. The van der Waals surface area contributed by atoms with Gasteiger partial charge in [-0.15, -0.1) is 21.5 Å². The van der Waals surface area contributed by atoms with Gasteiger partial charge in [0.2, 0.25) is 5.91 Å². The minimum atomic E-state index is -0.0485. The van der Waals surface area contributed by atoms with Gasteiger partial charge in [0.05, 0.1) is 11.4 Å². The number of unbranched alkanes of at least 4 members (excludes halogenated alkanes) is 1. The summed E-state index contributed by atoms with van der Waals surface area (Å²) in [6.45, 7) is 3.75. The monoisotopic (exact) mass is 436 g/mol. The van der Waals surface area contributed by atoms with Crippen molar-refractivity contribution in [2.24, 2.45) is 0 Å². The van der Waals surface area contributed by atoms with Gasteiger partial charge in [0.25, 0.3) is 0 Å². The highest BCUT2D eigenvalue weighted by Gasteiger charge is 2.18. The Labute approximate surface area is 175 Å². The molecule has 0 unspecified atom stereocenters. The van der Waals surface area contributed by atoms with Crippen molar-refractivity contribution in [2.45, 2.75) is 41.1 Å². The third-order valence-electron chi connectivity index (χ3n) is 3.52. The van der Waals surface area contributed by atoms with Crippen molar-refractivity contribution in [1.82, 2.24) is 15.2 Å². The summed E-state index contributed by atoms with van der Waals surface area (Å²) in [7, 11) is 0. The number of aromatic nitrogens is 3. The van der Waals surface area contributed by atoms with E-state index in [9.17, 15) is 4.79 Å². The van der Waals surface area contributed by atoms with Crippen LogP contribution in [0.15, 0.2) is 44.4 Å². The van der Waals surface area contributed by atoms with E-state index in [0.29, 0.717) is 10.9 Å². The van der Waals surface area contributed by atoms with Gasteiger partial charge in [-0.05, 0) is 18.6 Å². The van der Waals surface area contributed by atoms with Crippen molar-refractivity contribution in [3.63, 3.8) is 0 Å². The first-order valence-electron chi connectivity index (χ1n) is 8.56. The summed E-state index contributed by atoms with van der Waals surface area (Å²) in [5.74, 6) is 1.75. The van der Waals surface area contributed by atoms with Gasteiger partial charge in [-0.2, -0.15) is 0 Å². The second-order valence-electron chi connectivity index (χ2n) is 5.64. The lowest BCUT2D eigenvalue weighted by Gasteiger charge is -2.17. The lowest BCUT2D eigenvalue weighted by atomic mass is 10.3. The van der Waals surface area contributed by atoms with Crippen molar-refractivity contribution in [3.05, 3.63) is 41.4 Å². The number of anilines is 2. The van der Waals surface area contributed by atoms with Crippen LogP contribution in [0.4, 0.5) is 10.8 Å². The summed E-state index contributed by atoms with van der Waals surface area (Å²) in [5, 5.41) is 11.2. The quantitative estimate of drug-likeness (QED) is 0.309. The first-order valence-corrected chi connectivity index (χ1v) is 12.2. The van der Waals surface area contributed by atoms with Gasteiger partial charge in [-0.1, -0.05) is 66.4 Å². The molecule has 1 amide bonds. The van der Waals surface area contributed by atoms with Crippen molar-refractivity contribution in [3.8, 4) is 0 Å². The molecule has 0 aliphatic carbocycles. The van der Waals surface area contributed by atoms with E-state index in [4.69, 9.17) is 0 Å². The predicted molar refractivity (Wildman–Crippen MR) is 116 cm³/mol. The van der Waals surface area contributed by atoms with Gasteiger partial charge < -0.3 is 0 Å². The summed E-state index contributed by atoms with van der Waals surface area (Å²) in [6, 6.07) is 9.59. The summed E-state index contributed by atoms with van der Waals surface area (Å²) < 4.78 is 1.98. The third kappa shape index (κ3) is 5.78. The minimum absolute atomic E-state index is 0.0485. The molecule has 0 radical (unpaired) electrons. The number of hydrogen-bond acceptors (Lipinski definition) is 8. The molecule has 0 saturated heterocycles. The molecule has 5 nitrogen and oxygen atoms in total. The molecule has 2 aromatic heterocycles. The topological polar surface area (TPSA) is 59.0 Å². The van der Waals surface area contributed by atoms with Crippen LogP contribution in [0, 0.1) is 0 Å². The second-order valence-corrected chi connectivity index (χ2v) is 10.0. The Bertz CT molecular complexity index is 865. The van der Waals surface area contributed by atoms with E-state index in [0.717, 1.165) is 25.8 Å². The van der Waals surface area contributed by atoms with Crippen LogP contribution in [0.3, 0.4) is 0 Å². The maximum Gasteiger partial charge on any atom is 0.230 e. The van der Waals surface area contributed by atoms with Crippen molar-refractivity contribution >= 4 is 62.9 Å². The largest absolute Gasteiger partial charge is 0.274 e. The first-order chi connectivity index (χ1) is 13.2. The number of nitrogens with zero attached hydrogens (tertiary/aromatic N) is 4. The average molecular weight is 437 g/mol. The van der Waals surface area contributed by atoms with E-state index in [1.165, 1.54) is 24.2 Å². The number of amides is 1. The molecule has 0 spiro atoms. The smallest absolute Gasteiger partial charge is 0.230 e. The predicted octanol–water partition coefficient (Wildman–Crippen LogP) is 5.86. The number of carbonyl (C=O) groups excluding carboxylic acids is 1. The first kappa shape index (κ1) is 20.3. The number of hydrogen-bond donors (Lipinski definition) is 0. The fraction of sp³-hybridized carbons (Fsp3) is 0.333. The summed E-state index contributed by atoms with van der Waals surface area (Å²) in [5.41, 5.74) is 1.77.